The molecule has 0 spiro atoms. The number of carbonyl (C=O) groups excluding carboxylic acids is 2. The summed E-state index contributed by atoms with van der Waals surface area (Å²) in [6.07, 6.45) is 4.68. The molecule has 2 amide bonds. The van der Waals surface area contributed by atoms with Crippen LogP contribution in [-0.4, -0.2) is 41.8 Å². The molecule has 27 heavy (non-hydrogen) atoms. The summed E-state index contributed by atoms with van der Waals surface area (Å²) < 4.78 is 13.3. The van der Waals surface area contributed by atoms with Crippen molar-refractivity contribution in [2.75, 3.05) is 14.1 Å². The molecule has 142 valence electrons. The lowest BCUT2D eigenvalue weighted by Gasteiger charge is -2.29. The maximum atomic E-state index is 13.3. The number of aromatic nitrogens is 1. The minimum Gasteiger partial charge on any atom is -0.349 e. The highest BCUT2D eigenvalue weighted by atomic mass is 19.1. The van der Waals surface area contributed by atoms with Gasteiger partial charge in [0.15, 0.2) is 0 Å². The highest BCUT2D eigenvalue weighted by molar-refractivity contribution is 5.94. The number of amides is 2. The van der Waals surface area contributed by atoms with Crippen molar-refractivity contribution in [3.05, 3.63) is 54.0 Å². The van der Waals surface area contributed by atoms with E-state index in [1.807, 2.05) is 0 Å². The van der Waals surface area contributed by atoms with Gasteiger partial charge in [0.2, 0.25) is 5.91 Å². The Morgan fingerprint density at radius 1 is 1.11 bits per heavy atom. The van der Waals surface area contributed by atoms with E-state index >= 15 is 0 Å². The first kappa shape index (κ1) is 19.0. The number of rotatable bonds is 4. The Morgan fingerprint density at radius 3 is 2.44 bits per heavy atom. The van der Waals surface area contributed by atoms with Crippen molar-refractivity contribution in [3.8, 4) is 11.3 Å². The molecule has 0 atom stereocenters. The van der Waals surface area contributed by atoms with Crippen LogP contribution in [0.25, 0.3) is 11.3 Å². The lowest BCUT2D eigenvalue weighted by atomic mass is 9.85. The molecular formula is C21H24FN3O2. The molecule has 1 saturated carbocycles. The first-order valence-corrected chi connectivity index (χ1v) is 9.18. The Hall–Kier alpha value is -2.76. The number of pyridine rings is 1. The molecule has 1 aromatic heterocycles. The first-order valence-electron chi connectivity index (χ1n) is 9.18. The van der Waals surface area contributed by atoms with Crippen molar-refractivity contribution in [1.29, 1.82) is 0 Å². The van der Waals surface area contributed by atoms with E-state index in [0.29, 0.717) is 16.8 Å². The highest BCUT2D eigenvalue weighted by Gasteiger charge is 2.28. The fourth-order valence-electron chi connectivity index (χ4n) is 3.47. The number of benzene rings is 1. The zero-order valence-corrected chi connectivity index (χ0v) is 15.6. The van der Waals surface area contributed by atoms with Gasteiger partial charge in [0, 0.05) is 37.8 Å². The minimum atomic E-state index is -0.320. The van der Waals surface area contributed by atoms with Gasteiger partial charge in [-0.3, -0.25) is 14.6 Å². The molecule has 0 aliphatic heterocycles. The van der Waals surface area contributed by atoms with Crippen molar-refractivity contribution >= 4 is 11.8 Å². The van der Waals surface area contributed by atoms with Crippen LogP contribution in [0.2, 0.25) is 0 Å². The van der Waals surface area contributed by atoms with E-state index in [2.05, 4.69) is 10.3 Å². The standard InChI is InChI=1S/C21H24FN3O2/c1-25(2)21(27)14-6-9-18(10-7-14)24-20(26)16-8-11-19(23-13-16)15-4-3-5-17(22)12-15/h3-5,8,11-14,18H,6-7,9-10H2,1-2H3,(H,24,26). The van der Waals surface area contributed by atoms with E-state index in [9.17, 15) is 14.0 Å². The van der Waals surface area contributed by atoms with Gasteiger partial charge in [-0.05, 0) is 49.9 Å². The van der Waals surface area contributed by atoms with Gasteiger partial charge in [-0.15, -0.1) is 0 Å². The molecule has 1 aromatic carbocycles. The third-order valence-electron chi connectivity index (χ3n) is 5.00. The van der Waals surface area contributed by atoms with E-state index in [1.54, 1.807) is 43.3 Å². The van der Waals surface area contributed by atoms with Crippen LogP contribution in [0.5, 0.6) is 0 Å². The number of hydrogen-bond donors (Lipinski definition) is 1. The smallest absolute Gasteiger partial charge is 0.253 e. The summed E-state index contributed by atoms with van der Waals surface area (Å²) in [4.78, 5) is 30.4. The lowest BCUT2D eigenvalue weighted by molar-refractivity contribution is -0.134. The summed E-state index contributed by atoms with van der Waals surface area (Å²) in [5, 5.41) is 3.03. The molecule has 0 saturated heterocycles. The maximum absolute atomic E-state index is 13.3. The maximum Gasteiger partial charge on any atom is 0.253 e. The van der Waals surface area contributed by atoms with Gasteiger partial charge in [0.05, 0.1) is 11.3 Å². The Labute approximate surface area is 158 Å². The third-order valence-corrected chi connectivity index (χ3v) is 5.00. The molecule has 5 nitrogen and oxygen atoms in total. The molecule has 1 fully saturated rings. The molecule has 1 aliphatic rings. The van der Waals surface area contributed by atoms with E-state index in [0.717, 1.165) is 25.7 Å². The average Bonchev–Trinajstić information content (AvgIpc) is 2.68. The van der Waals surface area contributed by atoms with Crippen molar-refractivity contribution in [2.45, 2.75) is 31.7 Å². The van der Waals surface area contributed by atoms with Gasteiger partial charge >= 0.3 is 0 Å². The number of hydrogen-bond acceptors (Lipinski definition) is 3. The molecule has 3 rings (SSSR count). The van der Waals surface area contributed by atoms with Crippen molar-refractivity contribution in [2.24, 2.45) is 5.92 Å². The normalized spacial score (nSPS) is 19.4. The van der Waals surface area contributed by atoms with Crippen LogP contribution in [0, 0.1) is 11.7 Å². The average molecular weight is 369 g/mol. The Kier molecular flexibility index (Phi) is 5.84. The topological polar surface area (TPSA) is 62.3 Å². The Bertz CT molecular complexity index is 812. The SMILES string of the molecule is CN(C)C(=O)C1CCC(NC(=O)c2ccc(-c3cccc(F)c3)nc2)CC1. The van der Waals surface area contributed by atoms with Crippen molar-refractivity contribution < 1.29 is 14.0 Å². The van der Waals surface area contributed by atoms with E-state index in [1.165, 1.54) is 18.3 Å². The van der Waals surface area contributed by atoms with E-state index < -0.39 is 0 Å². The van der Waals surface area contributed by atoms with Crippen LogP contribution in [0.4, 0.5) is 4.39 Å². The second-order valence-corrected chi connectivity index (χ2v) is 7.20. The molecular weight excluding hydrogens is 345 g/mol. The first-order chi connectivity index (χ1) is 12.9. The second-order valence-electron chi connectivity index (χ2n) is 7.20. The van der Waals surface area contributed by atoms with Crippen LogP contribution in [0.1, 0.15) is 36.0 Å². The Morgan fingerprint density at radius 2 is 1.85 bits per heavy atom. The van der Waals surface area contributed by atoms with Crippen LogP contribution in [-0.2, 0) is 4.79 Å². The lowest BCUT2D eigenvalue weighted by Crippen LogP contribution is -2.40. The summed E-state index contributed by atoms with van der Waals surface area (Å²) in [5.74, 6) is -0.271. The number of nitrogens with zero attached hydrogens (tertiary/aromatic N) is 2. The van der Waals surface area contributed by atoms with Gasteiger partial charge in [-0.2, -0.15) is 0 Å². The fraction of sp³-hybridized carbons (Fsp3) is 0.381. The Balaban J connectivity index is 1.57. The van der Waals surface area contributed by atoms with Crippen molar-refractivity contribution in [1.82, 2.24) is 15.2 Å². The summed E-state index contributed by atoms with van der Waals surface area (Å²) in [6, 6.07) is 9.69. The monoisotopic (exact) mass is 369 g/mol. The number of carbonyl (C=O) groups is 2. The predicted molar refractivity (Wildman–Crippen MR) is 102 cm³/mol. The summed E-state index contributed by atoms with van der Waals surface area (Å²) >= 11 is 0. The zero-order chi connectivity index (χ0) is 19.4. The minimum absolute atomic E-state index is 0.0559. The molecule has 0 bridgehead atoms. The molecule has 1 heterocycles. The largest absolute Gasteiger partial charge is 0.349 e. The van der Waals surface area contributed by atoms with Crippen LogP contribution in [0.3, 0.4) is 0 Å². The molecule has 1 aliphatic carbocycles. The quantitative estimate of drug-likeness (QED) is 0.900. The number of halogens is 1. The zero-order valence-electron chi connectivity index (χ0n) is 15.6. The van der Waals surface area contributed by atoms with Gasteiger partial charge in [0.25, 0.3) is 5.91 Å². The number of nitrogens with one attached hydrogen (secondary N) is 1. The molecule has 0 unspecified atom stereocenters. The second kappa shape index (κ2) is 8.29. The molecule has 6 heteroatoms. The molecule has 1 N–H and O–H groups in total. The molecule has 0 radical (unpaired) electrons. The van der Waals surface area contributed by atoms with Crippen LogP contribution in [0.15, 0.2) is 42.6 Å². The third kappa shape index (κ3) is 4.70. The van der Waals surface area contributed by atoms with Gasteiger partial charge in [-0.1, -0.05) is 12.1 Å². The van der Waals surface area contributed by atoms with Gasteiger partial charge in [0.1, 0.15) is 5.82 Å². The van der Waals surface area contributed by atoms with Crippen LogP contribution < -0.4 is 5.32 Å². The van der Waals surface area contributed by atoms with Crippen molar-refractivity contribution in [3.63, 3.8) is 0 Å². The summed E-state index contributed by atoms with van der Waals surface area (Å²) in [7, 11) is 3.55. The fourth-order valence-corrected chi connectivity index (χ4v) is 3.47. The molecule has 2 aromatic rings. The predicted octanol–water partition coefficient (Wildman–Crippen LogP) is 3.26. The van der Waals surface area contributed by atoms with E-state index in [-0.39, 0.29) is 29.6 Å². The van der Waals surface area contributed by atoms with Gasteiger partial charge in [-0.25, -0.2) is 4.39 Å². The highest BCUT2D eigenvalue weighted by Crippen LogP contribution is 2.26. The van der Waals surface area contributed by atoms with Crippen LogP contribution >= 0.6 is 0 Å². The van der Waals surface area contributed by atoms with Gasteiger partial charge < -0.3 is 10.2 Å². The summed E-state index contributed by atoms with van der Waals surface area (Å²) in [6.45, 7) is 0. The summed E-state index contributed by atoms with van der Waals surface area (Å²) in [5.41, 5.74) is 1.77. The van der Waals surface area contributed by atoms with E-state index in [4.69, 9.17) is 0 Å².